The van der Waals surface area contributed by atoms with Crippen molar-refractivity contribution in [3.63, 3.8) is 0 Å². The number of alkyl halides is 3. The predicted octanol–water partition coefficient (Wildman–Crippen LogP) is 4.77. The summed E-state index contributed by atoms with van der Waals surface area (Å²) < 4.78 is 40.8. The molecular formula is C12H10ClF3N2S. The van der Waals surface area contributed by atoms with Crippen LogP contribution in [-0.4, -0.2) is 9.55 Å². The molecular weight excluding hydrogens is 297 g/mol. The summed E-state index contributed by atoms with van der Waals surface area (Å²) in [5, 5.41) is 0.0381. The van der Waals surface area contributed by atoms with E-state index in [1.54, 1.807) is 6.20 Å². The van der Waals surface area contributed by atoms with Crippen molar-refractivity contribution >= 4 is 23.8 Å². The van der Waals surface area contributed by atoms with Crippen LogP contribution in [0.25, 0.3) is 5.69 Å². The van der Waals surface area contributed by atoms with Gasteiger partial charge in [-0.05, 0) is 36.8 Å². The van der Waals surface area contributed by atoms with Crippen molar-refractivity contribution in [2.75, 3.05) is 0 Å². The van der Waals surface area contributed by atoms with E-state index < -0.39 is 11.7 Å². The molecule has 1 heterocycles. The number of rotatable bonds is 2. The van der Waals surface area contributed by atoms with Gasteiger partial charge < -0.3 is 4.98 Å². The summed E-state index contributed by atoms with van der Waals surface area (Å²) in [6, 6.07) is 3.65. The molecule has 0 amide bonds. The predicted molar refractivity (Wildman–Crippen MR) is 70.3 cm³/mol. The number of benzene rings is 1. The van der Waals surface area contributed by atoms with Crippen LogP contribution in [0.1, 0.15) is 18.2 Å². The minimum atomic E-state index is -4.49. The zero-order chi connectivity index (χ0) is 14.2. The summed E-state index contributed by atoms with van der Waals surface area (Å²) >= 11 is 10.7. The van der Waals surface area contributed by atoms with Crippen LogP contribution in [0.4, 0.5) is 13.2 Å². The molecule has 1 N–H and O–H groups in total. The van der Waals surface area contributed by atoms with Gasteiger partial charge in [0.15, 0.2) is 4.77 Å². The Balaban J connectivity index is 2.76. The number of hydrogen-bond acceptors (Lipinski definition) is 1. The Morgan fingerprint density at radius 3 is 2.63 bits per heavy atom. The summed E-state index contributed by atoms with van der Waals surface area (Å²) in [4.78, 5) is 2.76. The van der Waals surface area contributed by atoms with E-state index in [0.717, 1.165) is 6.07 Å². The molecule has 0 bridgehead atoms. The number of aromatic nitrogens is 2. The van der Waals surface area contributed by atoms with Crippen LogP contribution < -0.4 is 0 Å². The minimum absolute atomic E-state index is 0.0139. The highest BCUT2D eigenvalue weighted by atomic mass is 35.5. The lowest BCUT2D eigenvalue weighted by atomic mass is 10.1. The standard InChI is InChI=1S/C12H10ClF3N2S/c1-2-8-6-17-11(19)18(8)10-4-3-7(13)5-9(10)12(14,15)16/h3-6H,2H2,1H3,(H,17,19). The van der Waals surface area contributed by atoms with E-state index in [9.17, 15) is 13.2 Å². The maximum Gasteiger partial charge on any atom is 0.418 e. The van der Waals surface area contributed by atoms with Gasteiger partial charge in [-0.2, -0.15) is 13.2 Å². The normalized spacial score (nSPS) is 11.8. The summed E-state index contributed by atoms with van der Waals surface area (Å²) in [5.74, 6) is 0. The Hall–Kier alpha value is -1.27. The van der Waals surface area contributed by atoms with E-state index in [4.69, 9.17) is 23.8 Å². The highest BCUT2D eigenvalue weighted by Gasteiger charge is 2.34. The highest BCUT2D eigenvalue weighted by molar-refractivity contribution is 7.71. The Kier molecular flexibility index (Phi) is 3.73. The van der Waals surface area contributed by atoms with Crippen molar-refractivity contribution in [3.8, 4) is 5.69 Å². The molecule has 0 saturated heterocycles. The van der Waals surface area contributed by atoms with Crippen LogP contribution >= 0.6 is 23.8 Å². The first-order valence-electron chi connectivity index (χ1n) is 5.51. The third-order valence-electron chi connectivity index (χ3n) is 2.72. The van der Waals surface area contributed by atoms with Gasteiger partial charge in [0.25, 0.3) is 0 Å². The van der Waals surface area contributed by atoms with Gasteiger partial charge in [0.2, 0.25) is 0 Å². The molecule has 0 saturated carbocycles. The Bertz CT molecular complexity index is 658. The smallest absolute Gasteiger partial charge is 0.337 e. The van der Waals surface area contributed by atoms with Gasteiger partial charge in [0.1, 0.15) is 0 Å². The monoisotopic (exact) mass is 306 g/mol. The van der Waals surface area contributed by atoms with Gasteiger partial charge in [0, 0.05) is 16.9 Å². The summed E-state index contributed by atoms with van der Waals surface area (Å²) in [5.41, 5.74) is -0.136. The average Bonchev–Trinajstić information content (AvgIpc) is 2.69. The van der Waals surface area contributed by atoms with Gasteiger partial charge in [-0.25, -0.2) is 0 Å². The van der Waals surface area contributed by atoms with Crippen molar-refractivity contribution in [1.29, 1.82) is 0 Å². The van der Waals surface area contributed by atoms with E-state index in [-0.39, 0.29) is 15.5 Å². The first-order chi connectivity index (χ1) is 8.84. The molecule has 2 rings (SSSR count). The van der Waals surface area contributed by atoms with E-state index in [2.05, 4.69) is 4.98 Å². The molecule has 0 unspecified atom stereocenters. The van der Waals surface area contributed by atoms with E-state index in [1.807, 2.05) is 6.92 Å². The van der Waals surface area contributed by atoms with Crippen LogP contribution in [-0.2, 0) is 12.6 Å². The molecule has 0 fully saturated rings. The molecule has 0 radical (unpaired) electrons. The number of imidazole rings is 1. The van der Waals surface area contributed by atoms with Crippen LogP contribution in [0.15, 0.2) is 24.4 Å². The Morgan fingerprint density at radius 1 is 1.37 bits per heavy atom. The molecule has 19 heavy (non-hydrogen) atoms. The fourth-order valence-electron chi connectivity index (χ4n) is 1.86. The average molecular weight is 307 g/mol. The first kappa shape index (κ1) is 14.1. The Labute approximate surface area is 117 Å². The van der Waals surface area contributed by atoms with Gasteiger partial charge in [-0.3, -0.25) is 4.57 Å². The quantitative estimate of drug-likeness (QED) is 0.793. The highest BCUT2D eigenvalue weighted by Crippen LogP contribution is 2.36. The summed E-state index contributed by atoms with van der Waals surface area (Å²) in [6.07, 6.45) is -2.32. The van der Waals surface area contributed by atoms with E-state index in [1.165, 1.54) is 16.7 Å². The topological polar surface area (TPSA) is 20.7 Å². The van der Waals surface area contributed by atoms with Crippen LogP contribution in [0.3, 0.4) is 0 Å². The minimum Gasteiger partial charge on any atom is -0.337 e. The molecule has 0 aliphatic heterocycles. The number of H-pyrrole nitrogens is 1. The number of nitrogens with one attached hydrogen (secondary N) is 1. The molecule has 0 aliphatic rings. The lowest BCUT2D eigenvalue weighted by Crippen LogP contribution is -2.12. The second-order valence-electron chi connectivity index (χ2n) is 3.93. The molecule has 0 spiro atoms. The van der Waals surface area contributed by atoms with Crippen LogP contribution in [0, 0.1) is 4.77 Å². The number of aryl methyl sites for hydroxylation is 1. The Morgan fingerprint density at radius 2 is 2.05 bits per heavy atom. The van der Waals surface area contributed by atoms with Gasteiger partial charge >= 0.3 is 6.18 Å². The molecule has 0 aliphatic carbocycles. The van der Waals surface area contributed by atoms with Gasteiger partial charge in [0.05, 0.1) is 11.3 Å². The number of halogens is 4. The lowest BCUT2D eigenvalue weighted by molar-refractivity contribution is -0.137. The van der Waals surface area contributed by atoms with Crippen LogP contribution in [0.5, 0.6) is 0 Å². The lowest BCUT2D eigenvalue weighted by Gasteiger charge is -2.15. The second kappa shape index (κ2) is 5.02. The zero-order valence-corrected chi connectivity index (χ0v) is 11.5. The van der Waals surface area contributed by atoms with Crippen molar-refractivity contribution in [2.24, 2.45) is 0 Å². The fourth-order valence-corrected chi connectivity index (χ4v) is 2.31. The fraction of sp³-hybridized carbons (Fsp3) is 0.250. The zero-order valence-electron chi connectivity index (χ0n) is 9.88. The third kappa shape index (κ3) is 2.69. The maximum absolute atomic E-state index is 13.1. The van der Waals surface area contributed by atoms with Gasteiger partial charge in [-0.15, -0.1) is 0 Å². The third-order valence-corrected chi connectivity index (χ3v) is 3.26. The van der Waals surface area contributed by atoms with Gasteiger partial charge in [-0.1, -0.05) is 18.5 Å². The largest absolute Gasteiger partial charge is 0.418 e. The van der Waals surface area contributed by atoms with Crippen molar-refractivity contribution in [2.45, 2.75) is 19.5 Å². The molecule has 1 aromatic heterocycles. The van der Waals surface area contributed by atoms with E-state index in [0.29, 0.717) is 12.1 Å². The van der Waals surface area contributed by atoms with Crippen molar-refractivity contribution < 1.29 is 13.2 Å². The summed E-state index contributed by atoms with van der Waals surface area (Å²) in [6.45, 7) is 1.84. The number of nitrogens with zero attached hydrogens (tertiary/aromatic N) is 1. The van der Waals surface area contributed by atoms with E-state index >= 15 is 0 Å². The number of aromatic amines is 1. The molecule has 2 aromatic rings. The molecule has 0 atom stereocenters. The summed E-state index contributed by atoms with van der Waals surface area (Å²) in [7, 11) is 0. The van der Waals surface area contributed by atoms with Crippen molar-refractivity contribution in [3.05, 3.63) is 45.4 Å². The molecule has 2 nitrogen and oxygen atoms in total. The molecule has 7 heteroatoms. The second-order valence-corrected chi connectivity index (χ2v) is 4.76. The van der Waals surface area contributed by atoms with Crippen LogP contribution in [0.2, 0.25) is 5.02 Å². The maximum atomic E-state index is 13.1. The SMILES string of the molecule is CCc1c[nH]c(=S)n1-c1ccc(Cl)cc1C(F)(F)F. The van der Waals surface area contributed by atoms with Crippen molar-refractivity contribution in [1.82, 2.24) is 9.55 Å². The first-order valence-corrected chi connectivity index (χ1v) is 6.29. The molecule has 1 aromatic carbocycles. The molecule has 102 valence electrons. The number of hydrogen-bond donors (Lipinski definition) is 1.